The standard InChI is InChI=1S/C13H16N2O/c1-2-8-15-13(10-14)7-9-16-12-6-4-3-5-11(12)13/h3-6,15H,2,7-9H2,1H3. The molecule has 0 aromatic heterocycles. The summed E-state index contributed by atoms with van der Waals surface area (Å²) in [5.41, 5.74) is 0.405. The highest BCUT2D eigenvalue weighted by atomic mass is 16.5. The Morgan fingerprint density at radius 2 is 2.31 bits per heavy atom. The van der Waals surface area contributed by atoms with Gasteiger partial charge in [0.2, 0.25) is 0 Å². The fourth-order valence-corrected chi connectivity index (χ4v) is 2.07. The Morgan fingerprint density at radius 1 is 1.50 bits per heavy atom. The molecular weight excluding hydrogens is 200 g/mol. The van der Waals surface area contributed by atoms with Crippen molar-refractivity contribution in [1.29, 1.82) is 5.26 Å². The molecule has 3 heteroatoms. The van der Waals surface area contributed by atoms with Gasteiger partial charge in [0.25, 0.3) is 0 Å². The topological polar surface area (TPSA) is 45.0 Å². The van der Waals surface area contributed by atoms with E-state index in [-0.39, 0.29) is 0 Å². The lowest BCUT2D eigenvalue weighted by molar-refractivity contribution is 0.220. The quantitative estimate of drug-likeness (QED) is 0.842. The van der Waals surface area contributed by atoms with Gasteiger partial charge in [-0.25, -0.2) is 0 Å². The molecule has 1 aromatic carbocycles. The first-order valence-electron chi connectivity index (χ1n) is 5.71. The zero-order chi connectivity index (χ0) is 11.4. The first-order chi connectivity index (χ1) is 7.82. The van der Waals surface area contributed by atoms with E-state index in [0.29, 0.717) is 13.0 Å². The van der Waals surface area contributed by atoms with Crippen molar-refractivity contribution in [2.24, 2.45) is 0 Å². The highest BCUT2D eigenvalue weighted by Gasteiger charge is 2.37. The summed E-state index contributed by atoms with van der Waals surface area (Å²) in [6, 6.07) is 10.2. The van der Waals surface area contributed by atoms with E-state index in [1.54, 1.807) is 0 Å². The monoisotopic (exact) mass is 216 g/mol. The van der Waals surface area contributed by atoms with E-state index in [2.05, 4.69) is 18.3 Å². The van der Waals surface area contributed by atoms with E-state index >= 15 is 0 Å². The normalized spacial score (nSPS) is 23.0. The van der Waals surface area contributed by atoms with Crippen molar-refractivity contribution in [3.05, 3.63) is 29.8 Å². The number of nitrogens with one attached hydrogen (secondary N) is 1. The van der Waals surface area contributed by atoms with Gasteiger partial charge >= 0.3 is 0 Å². The largest absolute Gasteiger partial charge is 0.493 e. The molecule has 1 N–H and O–H groups in total. The predicted octanol–water partition coefficient (Wildman–Crippen LogP) is 2.19. The minimum absolute atomic E-state index is 0.565. The van der Waals surface area contributed by atoms with E-state index in [9.17, 15) is 5.26 Å². The number of hydrogen-bond donors (Lipinski definition) is 1. The Kier molecular flexibility index (Phi) is 3.12. The number of fused-ring (bicyclic) bond motifs is 1. The zero-order valence-corrected chi connectivity index (χ0v) is 9.49. The van der Waals surface area contributed by atoms with Crippen molar-refractivity contribution in [2.45, 2.75) is 25.3 Å². The van der Waals surface area contributed by atoms with Crippen LogP contribution >= 0.6 is 0 Å². The molecule has 0 amide bonds. The summed E-state index contributed by atoms with van der Waals surface area (Å²) >= 11 is 0. The number of hydrogen-bond acceptors (Lipinski definition) is 3. The molecule has 0 fully saturated rings. The molecule has 1 atom stereocenters. The average Bonchev–Trinajstić information content (AvgIpc) is 2.36. The van der Waals surface area contributed by atoms with Gasteiger partial charge in [-0.1, -0.05) is 25.1 Å². The van der Waals surface area contributed by atoms with Crippen LogP contribution in [-0.2, 0) is 5.54 Å². The summed E-state index contributed by atoms with van der Waals surface area (Å²) in [7, 11) is 0. The van der Waals surface area contributed by atoms with E-state index in [1.165, 1.54) is 0 Å². The first kappa shape index (κ1) is 11.0. The van der Waals surface area contributed by atoms with Crippen molar-refractivity contribution in [1.82, 2.24) is 5.32 Å². The van der Waals surface area contributed by atoms with E-state index in [1.807, 2.05) is 24.3 Å². The molecule has 0 aliphatic carbocycles. The van der Waals surface area contributed by atoms with Crippen molar-refractivity contribution < 1.29 is 4.74 Å². The van der Waals surface area contributed by atoms with Crippen molar-refractivity contribution >= 4 is 0 Å². The minimum atomic E-state index is -0.565. The second-order valence-electron chi connectivity index (χ2n) is 4.04. The van der Waals surface area contributed by atoms with E-state index in [4.69, 9.17) is 4.74 Å². The SMILES string of the molecule is CCCNC1(C#N)CCOc2ccccc21. The van der Waals surface area contributed by atoms with Gasteiger partial charge in [0, 0.05) is 12.0 Å². The van der Waals surface area contributed by atoms with Gasteiger partial charge in [-0.15, -0.1) is 0 Å². The minimum Gasteiger partial charge on any atom is -0.493 e. The molecule has 3 nitrogen and oxygen atoms in total. The van der Waals surface area contributed by atoms with Crippen molar-refractivity contribution in [3.8, 4) is 11.8 Å². The number of nitrogens with zero attached hydrogens (tertiary/aromatic N) is 1. The Hall–Kier alpha value is -1.53. The molecule has 2 rings (SSSR count). The molecule has 0 spiro atoms. The van der Waals surface area contributed by atoms with Crippen LogP contribution in [0.1, 0.15) is 25.3 Å². The fraction of sp³-hybridized carbons (Fsp3) is 0.462. The van der Waals surface area contributed by atoms with Crippen LogP contribution in [0.3, 0.4) is 0 Å². The molecule has 1 aliphatic heterocycles. The zero-order valence-electron chi connectivity index (χ0n) is 9.49. The Morgan fingerprint density at radius 3 is 3.06 bits per heavy atom. The molecule has 0 saturated carbocycles. The molecule has 16 heavy (non-hydrogen) atoms. The molecule has 0 radical (unpaired) electrons. The Balaban J connectivity index is 2.38. The number of nitriles is 1. The second kappa shape index (κ2) is 4.54. The van der Waals surface area contributed by atoms with E-state index in [0.717, 1.165) is 24.3 Å². The third kappa shape index (κ3) is 1.77. The average molecular weight is 216 g/mol. The number of para-hydroxylation sites is 1. The summed E-state index contributed by atoms with van der Waals surface area (Å²) < 4.78 is 5.57. The van der Waals surface area contributed by atoms with Crippen LogP contribution < -0.4 is 10.1 Å². The molecule has 1 aromatic rings. The lowest BCUT2D eigenvalue weighted by Crippen LogP contribution is -2.45. The maximum absolute atomic E-state index is 9.45. The molecule has 1 heterocycles. The number of ether oxygens (including phenoxy) is 1. The summed E-state index contributed by atoms with van der Waals surface area (Å²) in [5.74, 6) is 0.832. The molecule has 0 saturated heterocycles. The maximum atomic E-state index is 9.45. The first-order valence-corrected chi connectivity index (χ1v) is 5.71. The summed E-state index contributed by atoms with van der Waals surface area (Å²) in [6.07, 6.45) is 1.73. The van der Waals surface area contributed by atoms with Crippen LogP contribution in [0.2, 0.25) is 0 Å². The fourth-order valence-electron chi connectivity index (χ4n) is 2.07. The third-order valence-electron chi connectivity index (χ3n) is 2.95. The van der Waals surface area contributed by atoms with Crippen molar-refractivity contribution in [3.63, 3.8) is 0 Å². The van der Waals surface area contributed by atoms with Crippen molar-refractivity contribution in [2.75, 3.05) is 13.2 Å². The van der Waals surface area contributed by atoms with Crippen LogP contribution in [0.15, 0.2) is 24.3 Å². The lowest BCUT2D eigenvalue weighted by atomic mass is 9.86. The van der Waals surface area contributed by atoms with Crippen LogP contribution in [0.5, 0.6) is 5.75 Å². The number of benzene rings is 1. The van der Waals surface area contributed by atoms with Gasteiger partial charge in [0.1, 0.15) is 11.3 Å². The summed E-state index contributed by atoms with van der Waals surface area (Å²) in [4.78, 5) is 0. The van der Waals surface area contributed by atoms with Crippen LogP contribution in [-0.4, -0.2) is 13.2 Å². The number of rotatable bonds is 3. The molecule has 1 aliphatic rings. The van der Waals surface area contributed by atoms with Gasteiger partial charge in [-0.3, -0.25) is 5.32 Å². The molecule has 1 unspecified atom stereocenters. The van der Waals surface area contributed by atoms with Gasteiger partial charge in [0.05, 0.1) is 12.7 Å². The third-order valence-corrected chi connectivity index (χ3v) is 2.95. The van der Waals surface area contributed by atoms with Gasteiger partial charge in [-0.05, 0) is 19.0 Å². The maximum Gasteiger partial charge on any atom is 0.139 e. The van der Waals surface area contributed by atoms with E-state index < -0.39 is 5.54 Å². The molecular formula is C13H16N2O. The van der Waals surface area contributed by atoms with Gasteiger partial charge < -0.3 is 4.74 Å². The van der Waals surface area contributed by atoms with Gasteiger partial charge in [-0.2, -0.15) is 5.26 Å². The predicted molar refractivity (Wildman–Crippen MR) is 62.1 cm³/mol. The molecule has 0 bridgehead atoms. The summed E-state index contributed by atoms with van der Waals surface area (Å²) in [5, 5.41) is 12.8. The second-order valence-corrected chi connectivity index (χ2v) is 4.04. The highest BCUT2D eigenvalue weighted by Crippen LogP contribution is 2.36. The van der Waals surface area contributed by atoms with Crippen LogP contribution in [0.25, 0.3) is 0 Å². The van der Waals surface area contributed by atoms with Gasteiger partial charge in [0.15, 0.2) is 0 Å². The Labute approximate surface area is 96.0 Å². The smallest absolute Gasteiger partial charge is 0.139 e. The van der Waals surface area contributed by atoms with Crippen LogP contribution in [0.4, 0.5) is 0 Å². The van der Waals surface area contributed by atoms with Crippen LogP contribution in [0, 0.1) is 11.3 Å². The summed E-state index contributed by atoms with van der Waals surface area (Å²) in [6.45, 7) is 3.55. The highest BCUT2D eigenvalue weighted by molar-refractivity contribution is 5.44. The molecule has 84 valence electrons. The lowest BCUT2D eigenvalue weighted by Gasteiger charge is -2.33. The Bertz CT molecular complexity index is 411.